The average Bonchev–Trinajstić information content (AvgIpc) is 2.82. The summed E-state index contributed by atoms with van der Waals surface area (Å²) < 4.78 is 21.2. The Hall–Kier alpha value is -4.00. The van der Waals surface area contributed by atoms with Crippen LogP contribution in [0.1, 0.15) is 15.9 Å². The van der Waals surface area contributed by atoms with E-state index in [4.69, 9.17) is 18.9 Å². The summed E-state index contributed by atoms with van der Waals surface area (Å²) in [5.74, 6) is 2.53. The molecule has 1 N–H and O–H groups in total. The fourth-order valence-corrected chi connectivity index (χ4v) is 2.97. The average molecular weight is 420 g/mol. The van der Waals surface area contributed by atoms with Gasteiger partial charge < -0.3 is 24.3 Å². The number of carbonyl (C=O) groups excluding carboxylic acids is 1. The molecular weight excluding hydrogens is 396 g/mol. The molecule has 0 bridgehead atoms. The monoisotopic (exact) mass is 420 g/mol. The van der Waals surface area contributed by atoms with Crippen molar-refractivity contribution in [1.82, 2.24) is 4.98 Å². The summed E-state index contributed by atoms with van der Waals surface area (Å²) >= 11 is 0. The third kappa shape index (κ3) is 5.14. The third-order valence-corrected chi connectivity index (χ3v) is 4.54. The third-order valence-electron chi connectivity index (χ3n) is 4.54. The highest BCUT2D eigenvalue weighted by atomic mass is 16.5. The molecule has 0 radical (unpaired) electrons. The molecule has 0 spiro atoms. The van der Waals surface area contributed by atoms with Crippen LogP contribution in [0.25, 0.3) is 6.08 Å². The summed E-state index contributed by atoms with van der Waals surface area (Å²) in [5, 5.41) is 3.18. The Morgan fingerprint density at radius 2 is 1.58 bits per heavy atom. The van der Waals surface area contributed by atoms with E-state index in [-0.39, 0.29) is 5.78 Å². The molecule has 0 aliphatic rings. The van der Waals surface area contributed by atoms with Gasteiger partial charge in [0.25, 0.3) is 0 Å². The SMILES string of the molecule is COc1ccc(Nc2ncccc2C(=O)/C=C/c2cc(OC)c(OC)c(OC)c2)cc1. The molecule has 7 nitrogen and oxygen atoms in total. The van der Waals surface area contributed by atoms with Crippen LogP contribution in [0, 0.1) is 0 Å². The first kappa shape index (κ1) is 21.7. The van der Waals surface area contributed by atoms with Crippen molar-refractivity contribution in [3.05, 3.63) is 71.9 Å². The summed E-state index contributed by atoms with van der Waals surface area (Å²) in [7, 11) is 6.24. The van der Waals surface area contributed by atoms with E-state index in [1.54, 1.807) is 65.0 Å². The van der Waals surface area contributed by atoms with Crippen LogP contribution < -0.4 is 24.3 Å². The van der Waals surface area contributed by atoms with Crippen molar-refractivity contribution >= 4 is 23.4 Å². The van der Waals surface area contributed by atoms with Crippen molar-refractivity contribution in [2.75, 3.05) is 33.8 Å². The van der Waals surface area contributed by atoms with Crippen LogP contribution in [0.5, 0.6) is 23.0 Å². The van der Waals surface area contributed by atoms with Gasteiger partial charge in [-0.15, -0.1) is 0 Å². The fourth-order valence-electron chi connectivity index (χ4n) is 2.97. The molecule has 31 heavy (non-hydrogen) atoms. The van der Waals surface area contributed by atoms with E-state index in [1.165, 1.54) is 6.08 Å². The van der Waals surface area contributed by atoms with Crippen LogP contribution in [0.3, 0.4) is 0 Å². The van der Waals surface area contributed by atoms with Crippen LogP contribution >= 0.6 is 0 Å². The van der Waals surface area contributed by atoms with E-state index in [0.717, 1.165) is 17.0 Å². The van der Waals surface area contributed by atoms with Gasteiger partial charge in [-0.25, -0.2) is 4.98 Å². The zero-order valence-corrected chi connectivity index (χ0v) is 17.8. The summed E-state index contributed by atoms with van der Waals surface area (Å²) in [4.78, 5) is 17.2. The summed E-state index contributed by atoms with van der Waals surface area (Å²) in [6.45, 7) is 0. The Bertz CT molecular complexity index is 1050. The second-order valence-corrected chi connectivity index (χ2v) is 6.41. The number of methoxy groups -OCH3 is 4. The smallest absolute Gasteiger partial charge is 0.203 e. The maximum atomic E-state index is 12.9. The molecule has 160 valence electrons. The number of hydrogen-bond donors (Lipinski definition) is 1. The maximum absolute atomic E-state index is 12.9. The minimum atomic E-state index is -0.196. The Kier molecular flexibility index (Phi) is 7.11. The minimum absolute atomic E-state index is 0.196. The van der Waals surface area contributed by atoms with Crippen molar-refractivity contribution in [1.29, 1.82) is 0 Å². The number of nitrogens with one attached hydrogen (secondary N) is 1. The van der Waals surface area contributed by atoms with Gasteiger partial charge in [-0.3, -0.25) is 4.79 Å². The van der Waals surface area contributed by atoms with Crippen LogP contribution in [0.4, 0.5) is 11.5 Å². The zero-order valence-electron chi connectivity index (χ0n) is 17.8. The highest BCUT2D eigenvalue weighted by molar-refractivity contribution is 6.10. The highest BCUT2D eigenvalue weighted by Gasteiger charge is 2.13. The topological polar surface area (TPSA) is 78.9 Å². The summed E-state index contributed by atoms with van der Waals surface area (Å²) in [6.07, 6.45) is 4.80. The van der Waals surface area contributed by atoms with Gasteiger partial charge in [-0.1, -0.05) is 6.08 Å². The van der Waals surface area contributed by atoms with E-state index in [9.17, 15) is 4.79 Å². The van der Waals surface area contributed by atoms with Gasteiger partial charge in [0.05, 0.1) is 34.0 Å². The molecule has 2 aromatic carbocycles. The van der Waals surface area contributed by atoms with E-state index >= 15 is 0 Å². The number of allylic oxidation sites excluding steroid dienone is 1. The molecule has 0 aliphatic heterocycles. The van der Waals surface area contributed by atoms with Crippen molar-refractivity contribution in [3.63, 3.8) is 0 Å². The summed E-state index contributed by atoms with van der Waals surface area (Å²) in [6, 6.07) is 14.4. The quantitative estimate of drug-likeness (QED) is 0.395. The number of hydrogen-bond acceptors (Lipinski definition) is 7. The number of carbonyl (C=O) groups is 1. The highest BCUT2D eigenvalue weighted by Crippen LogP contribution is 2.38. The van der Waals surface area contributed by atoms with Gasteiger partial charge in [0.2, 0.25) is 5.75 Å². The molecule has 0 fully saturated rings. The standard InChI is InChI=1S/C24H24N2O5/c1-28-18-10-8-17(9-11-18)26-24-19(6-5-13-25-24)20(27)12-7-16-14-21(29-2)23(31-4)22(15-16)30-3/h5-15H,1-4H3,(H,25,26)/b12-7+. The van der Waals surface area contributed by atoms with Gasteiger partial charge in [-0.2, -0.15) is 0 Å². The predicted octanol–water partition coefficient (Wildman–Crippen LogP) is 4.76. The minimum Gasteiger partial charge on any atom is -0.497 e. The van der Waals surface area contributed by atoms with E-state index in [1.807, 2.05) is 24.3 Å². The number of pyridine rings is 1. The number of benzene rings is 2. The lowest BCUT2D eigenvalue weighted by Crippen LogP contribution is -2.03. The predicted molar refractivity (Wildman–Crippen MR) is 120 cm³/mol. The molecule has 3 aromatic rings. The molecule has 0 unspecified atom stereocenters. The van der Waals surface area contributed by atoms with Crippen LogP contribution in [-0.2, 0) is 0 Å². The van der Waals surface area contributed by atoms with Crippen LogP contribution in [0.15, 0.2) is 60.8 Å². The Morgan fingerprint density at radius 3 is 2.16 bits per heavy atom. The number of aromatic nitrogens is 1. The number of ketones is 1. The molecular formula is C24H24N2O5. The Balaban J connectivity index is 1.84. The van der Waals surface area contributed by atoms with Gasteiger partial charge in [0.15, 0.2) is 17.3 Å². The fraction of sp³-hybridized carbons (Fsp3) is 0.167. The molecule has 0 atom stereocenters. The van der Waals surface area contributed by atoms with Gasteiger partial charge >= 0.3 is 0 Å². The Labute approximate surface area is 181 Å². The lowest BCUT2D eigenvalue weighted by molar-refractivity contribution is 0.104. The lowest BCUT2D eigenvalue weighted by Gasteiger charge is -2.13. The zero-order chi connectivity index (χ0) is 22.2. The van der Waals surface area contributed by atoms with Crippen LogP contribution in [0.2, 0.25) is 0 Å². The molecule has 0 amide bonds. The lowest BCUT2D eigenvalue weighted by atomic mass is 10.1. The first-order valence-electron chi connectivity index (χ1n) is 9.48. The number of anilines is 2. The van der Waals surface area contributed by atoms with Crippen molar-refractivity contribution in [3.8, 4) is 23.0 Å². The molecule has 7 heteroatoms. The van der Waals surface area contributed by atoms with E-state index < -0.39 is 0 Å². The first-order chi connectivity index (χ1) is 15.1. The largest absolute Gasteiger partial charge is 0.497 e. The van der Waals surface area contributed by atoms with Gasteiger partial charge in [0.1, 0.15) is 11.6 Å². The second kappa shape index (κ2) is 10.2. The van der Waals surface area contributed by atoms with Crippen LogP contribution in [-0.4, -0.2) is 39.2 Å². The van der Waals surface area contributed by atoms with Gasteiger partial charge in [0, 0.05) is 11.9 Å². The molecule has 3 rings (SSSR count). The number of nitrogens with zero attached hydrogens (tertiary/aromatic N) is 1. The molecule has 0 aliphatic carbocycles. The molecule has 1 aromatic heterocycles. The second-order valence-electron chi connectivity index (χ2n) is 6.41. The molecule has 0 saturated heterocycles. The van der Waals surface area contributed by atoms with Gasteiger partial charge in [-0.05, 0) is 60.2 Å². The van der Waals surface area contributed by atoms with Crippen molar-refractivity contribution < 1.29 is 23.7 Å². The van der Waals surface area contributed by atoms with E-state index in [0.29, 0.717) is 28.6 Å². The number of rotatable bonds is 9. The van der Waals surface area contributed by atoms with E-state index in [2.05, 4.69) is 10.3 Å². The van der Waals surface area contributed by atoms with Crippen molar-refractivity contribution in [2.24, 2.45) is 0 Å². The normalized spacial score (nSPS) is 10.6. The summed E-state index contributed by atoms with van der Waals surface area (Å²) in [5.41, 5.74) is 1.97. The molecule has 0 saturated carbocycles. The Morgan fingerprint density at radius 1 is 0.903 bits per heavy atom. The maximum Gasteiger partial charge on any atom is 0.203 e. The molecule has 1 heterocycles. The number of ether oxygens (including phenoxy) is 4. The van der Waals surface area contributed by atoms with Crippen molar-refractivity contribution in [2.45, 2.75) is 0 Å². The first-order valence-corrected chi connectivity index (χ1v) is 9.48.